The molecule has 7 nitrogen and oxygen atoms in total. The van der Waals surface area contributed by atoms with Crippen molar-refractivity contribution in [3.8, 4) is 0 Å². The van der Waals surface area contributed by atoms with Gasteiger partial charge in [-0.2, -0.15) is 0 Å². The number of fused-ring (bicyclic) bond motifs is 3. The Morgan fingerprint density at radius 3 is 2.52 bits per heavy atom. The minimum Gasteiger partial charge on any atom is -0.326 e. The van der Waals surface area contributed by atoms with Crippen LogP contribution >= 0.6 is 23.1 Å². The van der Waals surface area contributed by atoms with E-state index in [1.54, 1.807) is 35.6 Å². The number of thioether (sulfide) groups is 1. The van der Waals surface area contributed by atoms with Gasteiger partial charge in [0, 0.05) is 29.0 Å². The van der Waals surface area contributed by atoms with E-state index in [0.29, 0.717) is 16.4 Å². The topological polar surface area (TPSA) is 89.2 Å². The Bertz CT molecular complexity index is 1310. The highest BCUT2D eigenvalue weighted by atomic mass is 32.2. The van der Waals surface area contributed by atoms with Gasteiger partial charge in [-0.3, -0.25) is 14.0 Å². The molecule has 0 spiro atoms. The van der Waals surface area contributed by atoms with Crippen LogP contribution in [0.2, 0.25) is 0 Å². The number of aryl methyl sites for hydroxylation is 2. The second kappa shape index (κ2) is 8.39. The fourth-order valence-electron chi connectivity index (χ4n) is 3.38. The number of aromatic nitrogens is 4. The van der Waals surface area contributed by atoms with E-state index in [0.717, 1.165) is 21.7 Å². The maximum Gasteiger partial charge on any atom is 0.221 e. The van der Waals surface area contributed by atoms with Crippen molar-refractivity contribution >= 4 is 56.3 Å². The maximum absolute atomic E-state index is 12.7. The summed E-state index contributed by atoms with van der Waals surface area (Å²) in [5.74, 6) is 1.15. The highest BCUT2D eigenvalue weighted by Gasteiger charge is 2.21. The number of carbonyl (C=O) groups excluding carboxylic acids is 2. The van der Waals surface area contributed by atoms with Gasteiger partial charge in [0.15, 0.2) is 16.6 Å². The van der Waals surface area contributed by atoms with Crippen LogP contribution in [0.25, 0.3) is 15.9 Å². The second-order valence-electron chi connectivity index (χ2n) is 7.70. The summed E-state index contributed by atoms with van der Waals surface area (Å²) in [6, 6.07) is 6.90. The lowest BCUT2D eigenvalue weighted by molar-refractivity contribution is -0.114. The number of anilines is 1. The molecule has 1 amide bonds. The van der Waals surface area contributed by atoms with E-state index in [2.05, 4.69) is 43.2 Å². The van der Waals surface area contributed by atoms with Crippen molar-refractivity contribution in [2.24, 2.45) is 0 Å². The Kier molecular flexibility index (Phi) is 5.81. The molecular formula is C22H23N5O2S2. The summed E-state index contributed by atoms with van der Waals surface area (Å²) in [7, 11) is 0. The number of nitrogens with one attached hydrogen (secondary N) is 1. The van der Waals surface area contributed by atoms with Gasteiger partial charge in [0.1, 0.15) is 10.7 Å². The molecule has 0 unspecified atom stereocenters. The number of Topliss-reactive ketones (excluding diaryl/α,β-unsaturated/α-hetero) is 1. The summed E-state index contributed by atoms with van der Waals surface area (Å²) < 4.78 is 1.99. The minimum atomic E-state index is -0.145. The van der Waals surface area contributed by atoms with Crippen LogP contribution in [0, 0.1) is 13.8 Å². The van der Waals surface area contributed by atoms with Crippen molar-refractivity contribution in [3.05, 3.63) is 46.1 Å². The lowest BCUT2D eigenvalue weighted by Crippen LogP contribution is -2.08. The number of rotatable bonds is 6. The summed E-state index contributed by atoms with van der Waals surface area (Å²) in [4.78, 5) is 31.0. The fourth-order valence-corrected chi connectivity index (χ4v) is 5.25. The Hall–Kier alpha value is -2.78. The SMILES string of the molecule is CC(=O)Nc1ccc(C(=O)CSc2nnc3c4c(C)c(C)sc4nc(C(C)C)n23)cc1. The van der Waals surface area contributed by atoms with Crippen LogP contribution in [-0.4, -0.2) is 37.0 Å². The lowest BCUT2D eigenvalue weighted by atomic mass is 10.1. The molecule has 1 N–H and O–H groups in total. The Balaban J connectivity index is 1.63. The maximum atomic E-state index is 12.7. The first-order chi connectivity index (χ1) is 14.8. The molecule has 3 aromatic heterocycles. The molecule has 0 radical (unpaired) electrons. The summed E-state index contributed by atoms with van der Waals surface area (Å²) >= 11 is 3.04. The van der Waals surface area contributed by atoms with Crippen molar-refractivity contribution in [2.75, 3.05) is 11.1 Å². The summed E-state index contributed by atoms with van der Waals surface area (Å²) in [6.07, 6.45) is 0. The van der Waals surface area contributed by atoms with Crippen molar-refractivity contribution in [3.63, 3.8) is 0 Å². The monoisotopic (exact) mass is 453 g/mol. The zero-order chi connectivity index (χ0) is 22.3. The molecule has 160 valence electrons. The van der Waals surface area contributed by atoms with Gasteiger partial charge in [0.05, 0.1) is 11.1 Å². The predicted octanol–water partition coefficient (Wildman–Crippen LogP) is 5.01. The first kappa shape index (κ1) is 21.5. The number of thiophene rings is 1. The average molecular weight is 454 g/mol. The normalized spacial score (nSPS) is 11.5. The number of amides is 1. The van der Waals surface area contributed by atoms with Gasteiger partial charge in [-0.05, 0) is 43.7 Å². The molecule has 0 fully saturated rings. The molecule has 4 aromatic rings. The van der Waals surface area contributed by atoms with E-state index >= 15 is 0 Å². The Morgan fingerprint density at radius 2 is 1.87 bits per heavy atom. The van der Waals surface area contributed by atoms with E-state index in [1.807, 2.05) is 4.40 Å². The highest BCUT2D eigenvalue weighted by Crippen LogP contribution is 2.34. The zero-order valence-electron chi connectivity index (χ0n) is 18.0. The average Bonchev–Trinajstić information content (AvgIpc) is 3.26. The van der Waals surface area contributed by atoms with Gasteiger partial charge in [-0.25, -0.2) is 4.98 Å². The molecule has 0 aliphatic rings. The molecular weight excluding hydrogens is 430 g/mol. The molecule has 9 heteroatoms. The van der Waals surface area contributed by atoms with E-state index < -0.39 is 0 Å². The fraction of sp³-hybridized carbons (Fsp3) is 0.318. The first-order valence-corrected chi connectivity index (χ1v) is 11.7. The number of nitrogens with zero attached hydrogens (tertiary/aromatic N) is 4. The Labute approximate surface area is 188 Å². The number of hydrogen-bond donors (Lipinski definition) is 1. The molecule has 0 aliphatic heterocycles. The molecule has 0 bridgehead atoms. The minimum absolute atomic E-state index is 0.0150. The van der Waals surface area contributed by atoms with Crippen LogP contribution in [0.3, 0.4) is 0 Å². The number of hydrogen-bond acceptors (Lipinski definition) is 7. The third-order valence-corrected chi connectivity index (χ3v) is 7.07. The van der Waals surface area contributed by atoms with Crippen LogP contribution in [-0.2, 0) is 4.79 Å². The van der Waals surface area contributed by atoms with Crippen molar-refractivity contribution in [1.82, 2.24) is 19.6 Å². The standard InChI is InChI=1S/C22H23N5O2S2/c1-11(2)19-24-21-18(12(3)13(4)31-21)20-25-26-22(27(19)20)30-10-17(29)15-6-8-16(9-7-15)23-14(5)28/h6-9,11H,10H2,1-5H3,(H,23,28). The van der Waals surface area contributed by atoms with E-state index in [4.69, 9.17) is 4.98 Å². The molecule has 0 saturated heterocycles. The summed E-state index contributed by atoms with van der Waals surface area (Å²) in [6.45, 7) is 9.82. The first-order valence-electron chi connectivity index (χ1n) is 9.94. The van der Waals surface area contributed by atoms with Gasteiger partial charge >= 0.3 is 0 Å². The highest BCUT2D eigenvalue weighted by molar-refractivity contribution is 7.99. The number of benzene rings is 1. The van der Waals surface area contributed by atoms with Crippen molar-refractivity contribution < 1.29 is 9.59 Å². The van der Waals surface area contributed by atoms with Crippen LogP contribution in [0.15, 0.2) is 29.4 Å². The van der Waals surface area contributed by atoms with Crippen molar-refractivity contribution in [1.29, 1.82) is 0 Å². The van der Waals surface area contributed by atoms with Gasteiger partial charge in [-0.15, -0.1) is 21.5 Å². The lowest BCUT2D eigenvalue weighted by Gasteiger charge is -2.10. The Morgan fingerprint density at radius 1 is 1.16 bits per heavy atom. The van der Waals surface area contributed by atoms with E-state index in [1.165, 1.54) is 29.1 Å². The molecule has 3 heterocycles. The summed E-state index contributed by atoms with van der Waals surface area (Å²) in [5, 5.41) is 13.3. The molecule has 0 saturated carbocycles. The van der Waals surface area contributed by atoms with E-state index in [-0.39, 0.29) is 23.4 Å². The third-order valence-electron chi connectivity index (χ3n) is 5.04. The van der Waals surface area contributed by atoms with Crippen molar-refractivity contribution in [2.45, 2.75) is 45.7 Å². The zero-order valence-corrected chi connectivity index (χ0v) is 19.6. The van der Waals surface area contributed by atoms with Gasteiger partial charge in [0.2, 0.25) is 5.91 Å². The molecule has 0 aliphatic carbocycles. The van der Waals surface area contributed by atoms with Crippen LogP contribution < -0.4 is 5.32 Å². The number of carbonyl (C=O) groups is 2. The van der Waals surface area contributed by atoms with Crippen LogP contribution in [0.1, 0.15) is 53.3 Å². The smallest absolute Gasteiger partial charge is 0.221 e. The largest absolute Gasteiger partial charge is 0.326 e. The predicted molar refractivity (Wildman–Crippen MR) is 126 cm³/mol. The number of ketones is 1. The van der Waals surface area contributed by atoms with Gasteiger partial charge in [0.25, 0.3) is 0 Å². The van der Waals surface area contributed by atoms with Crippen LogP contribution in [0.4, 0.5) is 5.69 Å². The summed E-state index contributed by atoms with van der Waals surface area (Å²) in [5.41, 5.74) is 3.22. The third kappa shape index (κ3) is 4.07. The second-order valence-corrected chi connectivity index (χ2v) is 9.85. The molecule has 1 aromatic carbocycles. The molecule has 4 rings (SSSR count). The van der Waals surface area contributed by atoms with E-state index in [9.17, 15) is 9.59 Å². The van der Waals surface area contributed by atoms with Gasteiger partial charge < -0.3 is 5.32 Å². The quantitative estimate of drug-likeness (QED) is 0.326. The molecule has 31 heavy (non-hydrogen) atoms. The van der Waals surface area contributed by atoms with Crippen LogP contribution in [0.5, 0.6) is 0 Å². The van der Waals surface area contributed by atoms with Gasteiger partial charge in [-0.1, -0.05) is 25.6 Å². The molecule has 0 atom stereocenters.